The van der Waals surface area contributed by atoms with Crippen LogP contribution in [0.1, 0.15) is 45.7 Å². The molecular formula is C17H29FN2O. The molecule has 0 amide bonds. The van der Waals surface area contributed by atoms with Crippen LogP contribution in [0.5, 0.6) is 0 Å². The number of nitrogens with one attached hydrogen (secondary N) is 1. The first kappa shape index (κ1) is 17.9. The molecule has 0 aliphatic carbocycles. The fourth-order valence-electron chi connectivity index (χ4n) is 2.43. The summed E-state index contributed by atoms with van der Waals surface area (Å²) in [5.74, 6) is -0.156. The van der Waals surface area contributed by atoms with E-state index < -0.39 is 0 Å². The zero-order chi connectivity index (χ0) is 15.7. The van der Waals surface area contributed by atoms with E-state index in [1.807, 2.05) is 19.9 Å². The van der Waals surface area contributed by atoms with Crippen molar-refractivity contribution >= 4 is 5.69 Å². The van der Waals surface area contributed by atoms with Gasteiger partial charge in [-0.3, -0.25) is 0 Å². The Hall–Kier alpha value is -1.13. The minimum absolute atomic E-state index is 0.136. The predicted octanol–water partition coefficient (Wildman–Crippen LogP) is 3.75. The maximum Gasteiger partial charge on any atom is 0.146 e. The summed E-state index contributed by atoms with van der Waals surface area (Å²) in [5, 5.41) is 3.44. The summed E-state index contributed by atoms with van der Waals surface area (Å²) in [6.07, 6.45) is 1.07. The van der Waals surface area contributed by atoms with Gasteiger partial charge in [0.25, 0.3) is 0 Å². The van der Waals surface area contributed by atoms with Crippen LogP contribution in [0, 0.1) is 5.82 Å². The molecule has 120 valence electrons. The van der Waals surface area contributed by atoms with Crippen molar-refractivity contribution < 1.29 is 9.13 Å². The molecule has 3 nitrogen and oxygen atoms in total. The van der Waals surface area contributed by atoms with Crippen LogP contribution in [-0.2, 0) is 4.74 Å². The van der Waals surface area contributed by atoms with Crippen molar-refractivity contribution in [2.45, 2.75) is 40.2 Å². The largest absolute Gasteiger partial charge is 0.380 e. The first-order chi connectivity index (χ1) is 10.2. The number of likely N-dealkylation sites (N-methyl/N-ethyl adjacent to an activating group) is 1. The van der Waals surface area contributed by atoms with Gasteiger partial charge < -0.3 is 15.0 Å². The summed E-state index contributed by atoms with van der Waals surface area (Å²) in [6, 6.07) is 5.47. The van der Waals surface area contributed by atoms with Crippen molar-refractivity contribution in [1.29, 1.82) is 0 Å². The minimum atomic E-state index is -0.156. The number of rotatable bonds is 10. The molecule has 0 spiro atoms. The molecule has 0 saturated heterocycles. The third-order valence-electron chi connectivity index (χ3n) is 3.59. The van der Waals surface area contributed by atoms with Gasteiger partial charge in [0.05, 0.1) is 12.3 Å². The maximum atomic E-state index is 14.4. The van der Waals surface area contributed by atoms with Crippen molar-refractivity contribution in [1.82, 2.24) is 5.32 Å². The fourth-order valence-corrected chi connectivity index (χ4v) is 2.43. The minimum Gasteiger partial charge on any atom is -0.380 e. The number of nitrogens with zero attached hydrogens (tertiary/aromatic N) is 1. The Labute approximate surface area is 128 Å². The summed E-state index contributed by atoms with van der Waals surface area (Å²) in [6.45, 7) is 12.0. The fraction of sp³-hybridized carbons (Fsp3) is 0.647. The molecule has 1 atom stereocenters. The Kier molecular flexibility index (Phi) is 8.31. The van der Waals surface area contributed by atoms with Gasteiger partial charge in [-0.2, -0.15) is 0 Å². The molecule has 1 aromatic rings. The van der Waals surface area contributed by atoms with Gasteiger partial charge in [-0.1, -0.05) is 19.1 Å². The lowest BCUT2D eigenvalue weighted by molar-refractivity contribution is 0.154. The van der Waals surface area contributed by atoms with E-state index >= 15 is 0 Å². The summed E-state index contributed by atoms with van der Waals surface area (Å²) in [5.41, 5.74) is 1.72. The van der Waals surface area contributed by atoms with Crippen LogP contribution in [-0.4, -0.2) is 32.8 Å². The van der Waals surface area contributed by atoms with Crippen LogP contribution in [0.3, 0.4) is 0 Å². The molecule has 4 heteroatoms. The van der Waals surface area contributed by atoms with Gasteiger partial charge in [0.1, 0.15) is 5.82 Å². The Bertz CT molecular complexity index is 412. The highest BCUT2D eigenvalue weighted by atomic mass is 19.1. The third-order valence-corrected chi connectivity index (χ3v) is 3.59. The van der Waals surface area contributed by atoms with E-state index in [2.05, 4.69) is 24.1 Å². The highest BCUT2D eigenvalue weighted by Crippen LogP contribution is 2.29. The quantitative estimate of drug-likeness (QED) is 0.666. The molecule has 1 aromatic carbocycles. The predicted molar refractivity (Wildman–Crippen MR) is 87.5 cm³/mol. The molecule has 1 N–H and O–H groups in total. The number of halogens is 1. The van der Waals surface area contributed by atoms with Crippen molar-refractivity contribution in [3.05, 3.63) is 29.6 Å². The molecule has 0 aromatic heterocycles. The second kappa shape index (κ2) is 9.74. The standard InChI is InChI=1S/C17H29FN2O/c1-5-11-19-14(4)15-9-8-10-16(18)17(15)20(6-2)12-13-21-7-3/h8-10,14,19H,5-7,11-13H2,1-4H3. The highest BCUT2D eigenvalue weighted by Gasteiger charge is 2.18. The van der Waals surface area contributed by atoms with E-state index in [1.165, 1.54) is 6.07 Å². The van der Waals surface area contributed by atoms with Gasteiger partial charge in [0.15, 0.2) is 0 Å². The number of ether oxygens (including phenoxy) is 1. The van der Waals surface area contributed by atoms with Gasteiger partial charge in [0.2, 0.25) is 0 Å². The molecule has 0 aliphatic rings. The molecule has 1 rings (SSSR count). The number of hydrogen-bond acceptors (Lipinski definition) is 3. The molecular weight excluding hydrogens is 267 g/mol. The smallest absolute Gasteiger partial charge is 0.146 e. The molecule has 0 aliphatic heterocycles. The molecule has 0 saturated carbocycles. The normalized spacial score (nSPS) is 12.4. The second-order valence-electron chi connectivity index (χ2n) is 5.13. The van der Waals surface area contributed by atoms with Crippen LogP contribution in [0.15, 0.2) is 18.2 Å². The highest BCUT2D eigenvalue weighted by molar-refractivity contribution is 5.56. The summed E-state index contributed by atoms with van der Waals surface area (Å²) in [7, 11) is 0. The van der Waals surface area contributed by atoms with Gasteiger partial charge in [-0.25, -0.2) is 4.39 Å². The topological polar surface area (TPSA) is 24.5 Å². The van der Waals surface area contributed by atoms with Gasteiger partial charge in [-0.05, 0) is 45.4 Å². The van der Waals surface area contributed by atoms with E-state index in [-0.39, 0.29) is 11.9 Å². The molecule has 0 radical (unpaired) electrons. The summed E-state index contributed by atoms with van der Waals surface area (Å²) < 4.78 is 19.8. The Morgan fingerprint density at radius 3 is 2.67 bits per heavy atom. The summed E-state index contributed by atoms with van der Waals surface area (Å²) in [4.78, 5) is 2.06. The monoisotopic (exact) mass is 296 g/mol. The Balaban J connectivity index is 2.96. The lowest BCUT2D eigenvalue weighted by Gasteiger charge is -2.28. The van der Waals surface area contributed by atoms with E-state index in [9.17, 15) is 4.39 Å². The Morgan fingerprint density at radius 2 is 2.05 bits per heavy atom. The van der Waals surface area contributed by atoms with Crippen molar-refractivity contribution in [2.75, 3.05) is 37.7 Å². The third kappa shape index (κ3) is 5.29. The van der Waals surface area contributed by atoms with Crippen LogP contribution < -0.4 is 10.2 Å². The summed E-state index contributed by atoms with van der Waals surface area (Å²) >= 11 is 0. The van der Waals surface area contributed by atoms with Crippen LogP contribution in [0.2, 0.25) is 0 Å². The number of anilines is 1. The van der Waals surface area contributed by atoms with Gasteiger partial charge in [-0.15, -0.1) is 0 Å². The second-order valence-corrected chi connectivity index (χ2v) is 5.13. The number of hydrogen-bond donors (Lipinski definition) is 1. The maximum absolute atomic E-state index is 14.4. The zero-order valence-corrected chi connectivity index (χ0v) is 13.8. The number of benzene rings is 1. The van der Waals surface area contributed by atoms with Crippen molar-refractivity contribution in [3.63, 3.8) is 0 Å². The zero-order valence-electron chi connectivity index (χ0n) is 13.8. The van der Waals surface area contributed by atoms with E-state index in [1.54, 1.807) is 6.07 Å². The van der Waals surface area contributed by atoms with E-state index in [0.29, 0.717) is 25.4 Å². The van der Waals surface area contributed by atoms with Gasteiger partial charge in [0, 0.05) is 25.7 Å². The van der Waals surface area contributed by atoms with Crippen molar-refractivity contribution in [3.8, 4) is 0 Å². The molecule has 0 bridgehead atoms. The average molecular weight is 296 g/mol. The first-order valence-electron chi connectivity index (χ1n) is 8.00. The van der Waals surface area contributed by atoms with E-state index in [0.717, 1.165) is 25.1 Å². The molecule has 21 heavy (non-hydrogen) atoms. The van der Waals surface area contributed by atoms with Crippen LogP contribution in [0.4, 0.5) is 10.1 Å². The first-order valence-corrected chi connectivity index (χ1v) is 8.00. The molecule has 0 heterocycles. The molecule has 1 unspecified atom stereocenters. The SMILES string of the molecule is CCCNC(C)c1cccc(F)c1N(CC)CCOCC. The average Bonchev–Trinajstić information content (AvgIpc) is 2.49. The lowest BCUT2D eigenvalue weighted by atomic mass is 10.0. The van der Waals surface area contributed by atoms with Crippen LogP contribution >= 0.6 is 0 Å². The molecule has 0 fully saturated rings. The van der Waals surface area contributed by atoms with Crippen LogP contribution in [0.25, 0.3) is 0 Å². The number of para-hydroxylation sites is 1. The van der Waals surface area contributed by atoms with E-state index in [4.69, 9.17) is 4.74 Å². The van der Waals surface area contributed by atoms with Crippen molar-refractivity contribution in [2.24, 2.45) is 0 Å². The van der Waals surface area contributed by atoms with Gasteiger partial charge >= 0.3 is 0 Å². The Morgan fingerprint density at radius 1 is 1.29 bits per heavy atom. The lowest BCUT2D eigenvalue weighted by Crippen LogP contribution is -2.31.